The number of piperazine rings is 1. The quantitative estimate of drug-likeness (QED) is 0.885. The van der Waals surface area contributed by atoms with Gasteiger partial charge in [0.15, 0.2) is 0 Å². The fraction of sp³-hybridized carbons (Fsp3) is 0.538. The second-order valence-corrected chi connectivity index (χ2v) is 6.71. The van der Waals surface area contributed by atoms with Gasteiger partial charge in [0.1, 0.15) is 10.7 Å². The van der Waals surface area contributed by atoms with E-state index in [1.165, 1.54) is 16.4 Å². The lowest BCUT2D eigenvalue weighted by Gasteiger charge is -2.33. The second kappa shape index (κ2) is 6.17. The fourth-order valence-corrected chi connectivity index (χ4v) is 3.83. The van der Waals surface area contributed by atoms with Crippen LogP contribution in [0.3, 0.4) is 0 Å². The predicted octanol–water partition coefficient (Wildman–Crippen LogP) is 0.611. The van der Waals surface area contributed by atoms with Crippen molar-refractivity contribution in [2.45, 2.75) is 18.4 Å². The Morgan fingerprint density at radius 1 is 1.25 bits per heavy atom. The summed E-state index contributed by atoms with van der Waals surface area (Å²) < 4.78 is 40.2. The van der Waals surface area contributed by atoms with Crippen LogP contribution in [-0.4, -0.2) is 50.3 Å². The molecule has 1 aromatic rings. The first kappa shape index (κ1) is 15.4. The highest BCUT2D eigenvalue weighted by atomic mass is 32.2. The van der Waals surface area contributed by atoms with Crippen LogP contribution in [0.1, 0.15) is 12.5 Å². The van der Waals surface area contributed by atoms with Crippen molar-refractivity contribution in [3.05, 3.63) is 29.6 Å². The first-order valence-corrected chi connectivity index (χ1v) is 8.14. The van der Waals surface area contributed by atoms with Gasteiger partial charge in [-0.25, -0.2) is 12.8 Å². The van der Waals surface area contributed by atoms with Crippen LogP contribution in [0.15, 0.2) is 23.1 Å². The van der Waals surface area contributed by atoms with Gasteiger partial charge in [0.2, 0.25) is 10.0 Å². The van der Waals surface area contributed by atoms with Crippen molar-refractivity contribution in [2.75, 3.05) is 32.7 Å². The number of benzene rings is 1. The molecule has 1 saturated heterocycles. The number of hydrogen-bond acceptors (Lipinski definition) is 4. The normalized spacial score (nSPS) is 18.4. The molecule has 0 bridgehead atoms. The Bertz CT molecular complexity index is 569. The van der Waals surface area contributed by atoms with Crippen LogP contribution < -0.4 is 5.73 Å². The molecule has 5 nitrogen and oxygen atoms in total. The predicted molar refractivity (Wildman–Crippen MR) is 75.2 cm³/mol. The number of rotatable bonds is 4. The lowest BCUT2D eigenvalue weighted by Crippen LogP contribution is -2.48. The van der Waals surface area contributed by atoms with Gasteiger partial charge in [0.25, 0.3) is 0 Å². The average molecular weight is 301 g/mol. The molecule has 0 saturated carbocycles. The first-order valence-electron chi connectivity index (χ1n) is 6.70. The minimum atomic E-state index is -3.78. The molecule has 2 N–H and O–H groups in total. The van der Waals surface area contributed by atoms with Gasteiger partial charge in [0, 0.05) is 32.7 Å². The van der Waals surface area contributed by atoms with Gasteiger partial charge in [-0.15, -0.1) is 0 Å². The summed E-state index contributed by atoms with van der Waals surface area (Å²) in [6.45, 7) is 5.25. The molecule has 7 heteroatoms. The maximum absolute atomic E-state index is 13.8. The molecule has 20 heavy (non-hydrogen) atoms. The zero-order chi connectivity index (χ0) is 14.8. The van der Waals surface area contributed by atoms with Crippen LogP contribution in [0.4, 0.5) is 4.39 Å². The average Bonchev–Trinajstić information content (AvgIpc) is 2.47. The van der Waals surface area contributed by atoms with Crippen LogP contribution in [0.25, 0.3) is 0 Å². The van der Waals surface area contributed by atoms with Crippen molar-refractivity contribution in [3.8, 4) is 0 Å². The summed E-state index contributed by atoms with van der Waals surface area (Å²) in [6.07, 6.45) is 0. The van der Waals surface area contributed by atoms with Crippen molar-refractivity contribution in [1.82, 2.24) is 9.21 Å². The number of hydrogen-bond donors (Lipinski definition) is 1. The van der Waals surface area contributed by atoms with E-state index < -0.39 is 15.8 Å². The molecule has 0 spiro atoms. The maximum atomic E-state index is 13.8. The molecule has 0 amide bonds. The highest BCUT2D eigenvalue weighted by Gasteiger charge is 2.30. The zero-order valence-electron chi connectivity index (χ0n) is 11.5. The maximum Gasteiger partial charge on any atom is 0.246 e. The van der Waals surface area contributed by atoms with Crippen molar-refractivity contribution in [2.24, 2.45) is 5.73 Å². The van der Waals surface area contributed by atoms with E-state index >= 15 is 0 Å². The molecule has 0 radical (unpaired) electrons. The molecule has 1 fully saturated rings. The SMILES string of the molecule is CCN1CCN(S(=O)(=O)c2cc(CN)ccc2F)CC1. The van der Waals surface area contributed by atoms with E-state index in [0.717, 1.165) is 12.6 Å². The minimum Gasteiger partial charge on any atom is -0.326 e. The Morgan fingerprint density at radius 3 is 2.45 bits per heavy atom. The van der Waals surface area contributed by atoms with E-state index in [4.69, 9.17) is 5.73 Å². The number of nitrogens with two attached hydrogens (primary N) is 1. The van der Waals surface area contributed by atoms with Crippen LogP contribution in [0, 0.1) is 5.82 Å². The summed E-state index contributed by atoms with van der Waals surface area (Å²) in [5.74, 6) is -0.722. The third-order valence-electron chi connectivity index (χ3n) is 3.63. The molecule has 0 atom stereocenters. The number of nitrogens with zero attached hydrogens (tertiary/aromatic N) is 2. The molecule has 2 rings (SSSR count). The van der Waals surface area contributed by atoms with Gasteiger partial charge >= 0.3 is 0 Å². The minimum absolute atomic E-state index is 0.187. The van der Waals surface area contributed by atoms with Gasteiger partial charge in [0.05, 0.1) is 0 Å². The standard InChI is InChI=1S/C13H20FN3O2S/c1-2-16-5-7-17(8-6-16)20(18,19)13-9-11(10-15)3-4-12(13)14/h3-4,9H,2,5-8,10,15H2,1H3. The smallest absolute Gasteiger partial charge is 0.246 e. The highest BCUT2D eigenvalue weighted by Crippen LogP contribution is 2.22. The molecule has 112 valence electrons. The van der Waals surface area contributed by atoms with Gasteiger partial charge < -0.3 is 10.6 Å². The molecule has 1 aliphatic rings. The third-order valence-corrected chi connectivity index (χ3v) is 5.54. The Balaban J connectivity index is 2.27. The fourth-order valence-electron chi connectivity index (χ4n) is 2.30. The van der Waals surface area contributed by atoms with Crippen LogP contribution in [0.5, 0.6) is 0 Å². The molecular weight excluding hydrogens is 281 g/mol. The first-order chi connectivity index (χ1) is 9.48. The molecule has 1 aromatic carbocycles. The van der Waals surface area contributed by atoms with Crippen molar-refractivity contribution in [1.29, 1.82) is 0 Å². The Kier molecular flexibility index (Phi) is 4.74. The van der Waals surface area contributed by atoms with E-state index in [1.807, 2.05) is 6.92 Å². The van der Waals surface area contributed by atoms with Gasteiger partial charge in [-0.1, -0.05) is 13.0 Å². The summed E-state index contributed by atoms with van der Waals surface area (Å²) >= 11 is 0. The zero-order valence-corrected chi connectivity index (χ0v) is 12.4. The molecule has 0 aliphatic carbocycles. The van der Waals surface area contributed by atoms with E-state index in [0.29, 0.717) is 31.7 Å². The van der Waals surface area contributed by atoms with E-state index in [1.54, 1.807) is 0 Å². The monoisotopic (exact) mass is 301 g/mol. The van der Waals surface area contributed by atoms with Crippen LogP contribution in [-0.2, 0) is 16.6 Å². The Labute approximate surface area is 119 Å². The molecule has 0 aromatic heterocycles. The number of likely N-dealkylation sites (N-methyl/N-ethyl adjacent to an activating group) is 1. The Morgan fingerprint density at radius 2 is 1.90 bits per heavy atom. The van der Waals surface area contributed by atoms with Gasteiger partial charge in [-0.05, 0) is 24.2 Å². The lowest BCUT2D eigenvalue weighted by molar-refractivity contribution is 0.196. The molecular formula is C13H20FN3O2S. The summed E-state index contributed by atoms with van der Waals surface area (Å²) in [4.78, 5) is 1.89. The number of halogens is 1. The van der Waals surface area contributed by atoms with E-state index in [9.17, 15) is 12.8 Å². The lowest BCUT2D eigenvalue weighted by atomic mass is 10.2. The highest BCUT2D eigenvalue weighted by molar-refractivity contribution is 7.89. The van der Waals surface area contributed by atoms with Gasteiger partial charge in [-0.2, -0.15) is 4.31 Å². The summed E-state index contributed by atoms with van der Waals surface area (Å²) in [5, 5.41) is 0. The summed E-state index contributed by atoms with van der Waals surface area (Å²) in [6, 6.07) is 4.00. The van der Waals surface area contributed by atoms with Crippen LogP contribution in [0.2, 0.25) is 0 Å². The molecule has 0 unspecified atom stereocenters. The molecule has 1 aliphatic heterocycles. The summed E-state index contributed by atoms with van der Waals surface area (Å²) in [5.41, 5.74) is 6.10. The van der Waals surface area contributed by atoms with E-state index in [2.05, 4.69) is 4.90 Å². The topological polar surface area (TPSA) is 66.6 Å². The second-order valence-electron chi connectivity index (χ2n) is 4.81. The van der Waals surface area contributed by atoms with Crippen molar-refractivity contribution < 1.29 is 12.8 Å². The largest absolute Gasteiger partial charge is 0.326 e. The summed E-state index contributed by atoms with van der Waals surface area (Å²) in [7, 11) is -3.78. The van der Waals surface area contributed by atoms with Crippen LogP contribution >= 0.6 is 0 Å². The van der Waals surface area contributed by atoms with Crippen molar-refractivity contribution in [3.63, 3.8) is 0 Å². The Hall–Kier alpha value is -1.02. The third kappa shape index (κ3) is 3.01. The van der Waals surface area contributed by atoms with Gasteiger partial charge in [-0.3, -0.25) is 0 Å². The molecule has 1 heterocycles. The van der Waals surface area contributed by atoms with E-state index in [-0.39, 0.29) is 11.4 Å². The number of sulfonamides is 1. The van der Waals surface area contributed by atoms with Crippen molar-refractivity contribution >= 4 is 10.0 Å².